The predicted molar refractivity (Wildman–Crippen MR) is 68.2 cm³/mol. The Labute approximate surface area is 107 Å². The first kappa shape index (κ1) is 13.1. The van der Waals surface area contributed by atoms with Gasteiger partial charge in [0.15, 0.2) is 0 Å². The van der Waals surface area contributed by atoms with Crippen LogP contribution < -0.4 is 0 Å². The fraction of sp³-hybridized carbons (Fsp3) is 0.500. The van der Waals surface area contributed by atoms with Crippen molar-refractivity contribution in [2.45, 2.75) is 38.0 Å². The van der Waals surface area contributed by atoms with E-state index in [4.69, 9.17) is 0 Å². The smallest absolute Gasteiger partial charge is 0.321 e. The molecule has 0 bridgehead atoms. The molecule has 1 aromatic carbocycles. The van der Waals surface area contributed by atoms with Crippen LogP contribution in [0.4, 0.5) is 0 Å². The molecule has 1 fully saturated rings. The number of aliphatic hydroxyl groups excluding tert-OH is 1. The van der Waals surface area contributed by atoms with Gasteiger partial charge in [0.1, 0.15) is 6.04 Å². The SMILES string of the molecule is CC(c1ccccc1)N1CC[C@H](O)C[C@@H]1C(=O)O. The lowest BCUT2D eigenvalue weighted by Crippen LogP contribution is -2.49. The minimum absolute atomic E-state index is 0.0554. The first-order chi connectivity index (χ1) is 8.59. The Morgan fingerprint density at radius 2 is 2.06 bits per heavy atom. The molecule has 0 spiro atoms. The van der Waals surface area contributed by atoms with Gasteiger partial charge in [0.2, 0.25) is 0 Å². The quantitative estimate of drug-likeness (QED) is 0.855. The van der Waals surface area contributed by atoms with Crippen LogP contribution in [0.5, 0.6) is 0 Å². The molecule has 1 heterocycles. The Hall–Kier alpha value is -1.39. The zero-order valence-corrected chi connectivity index (χ0v) is 10.5. The van der Waals surface area contributed by atoms with Crippen LogP contribution >= 0.6 is 0 Å². The summed E-state index contributed by atoms with van der Waals surface area (Å²) in [6, 6.07) is 9.35. The summed E-state index contributed by atoms with van der Waals surface area (Å²) in [5.74, 6) is -0.850. The highest BCUT2D eigenvalue weighted by molar-refractivity contribution is 5.73. The van der Waals surface area contributed by atoms with Gasteiger partial charge in [-0.3, -0.25) is 9.69 Å². The van der Waals surface area contributed by atoms with E-state index < -0.39 is 18.1 Å². The summed E-state index contributed by atoms with van der Waals surface area (Å²) < 4.78 is 0. The second kappa shape index (κ2) is 5.50. The fourth-order valence-electron chi connectivity index (χ4n) is 2.59. The lowest BCUT2D eigenvalue weighted by Gasteiger charge is -2.39. The first-order valence-electron chi connectivity index (χ1n) is 6.31. The van der Waals surface area contributed by atoms with E-state index in [1.807, 2.05) is 42.2 Å². The summed E-state index contributed by atoms with van der Waals surface area (Å²) in [6.07, 6.45) is 0.457. The van der Waals surface area contributed by atoms with E-state index in [1.54, 1.807) is 0 Å². The van der Waals surface area contributed by atoms with Gasteiger partial charge < -0.3 is 10.2 Å². The number of hydrogen-bond acceptors (Lipinski definition) is 3. The number of piperidine rings is 1. The number of carboxylic acid groups (broad SMARTS) is 1. The average Bonchev–Trinajstić information content (AvgIpc) is 2.39. The van der Waals surface area contributed by atoms with Gasteiger partial charge >= 0.3 is 5.97 Å². The van der Waals surface area contributed by atoms with E-state index in [-0.39, 0.29) is 6.04 Å². The van der Waals surface area contributed by atoms with Crippen molar-refractivity contribution >= 4 is 5.97 Å². The van der Waals surface area contributed by atoms with Gasteiger partial charge in [0, 0.05) is 12.6 Å². The zero-order chi connectivity index (χ0) is 13.1. The maximum atomic E-state index is 11.3. The molecule has 2 rings (SSSR count). The molecule has 1 aliphatic heterocycles. The summed E-state index contributed by atoms with van der Waals surface area (Å²) in [6.45, 7) is 2.64. The van der Waals surface area contributed by atoms with Gasteiger partial charge in [-0.25, -0.2) is 0 Å². The fourth-order valence-corrected chi connectivity index (χ4v) is 2.59. The summed E-state index contributed by atoms with van der Waals surface area (Å²) in [5.41, 5.74) is 1.11. The topological polar surface area (TPSA) is 60.8 Å². The van der Waals surface area contributed by atoms with Gasteiger partial charge in [-0.2, -0.15) is 0 Å². The monoisotopic (exact) mass is 249 g/mol. The average molecular weight is 249 g/mol. The van der Waals surface area contributed by atoms with Crippen molar-refractivity contribution in [3.63, 3.8) is 0 Å². The highest BCUT2D eigenvalue weighted by Gasteiger charge is 2.35. The van der Waals surface area contributed by atoms with Crippen LogP contribution in [-0.2, 0) is 4.79 Å². The number of hydrogen-bond donors (Lipinski definition) is 2. The molecule has 98 valence electrons. The molecule has 3 atom stereocenters. The highest BCUT2D eigenvalue weighted by atomic mass is 16.4. The number of likely N-dealkylation sites (tertiary alicyclic amines) is 1. The Morgan fingerprint density at radius 1 is 1.39 bits per heavy atom. The maximum absolute atomic E-state index is 11.3. The molecule has 0 amide bonds. The normalized spacial score (nSPS) is 26.8. The number of carbonyl (C=O) groups is 1. The highest BCUT2D eigenvalue weighted by Crippen LogP contribution is 2.28. The van der Waals surface area contributed by atoms with Gasteiger partial charge in [0.05, 0.1) is 6.10 Å². The van der Waals surface area contributed by atoms with E-state index in [1.165, 1.54) is 0 Å². The van der Waals surface area contributed by atoms with Crippen molar-refractivity contribution < 1.29 is 15.0 Å². The van der Waals surface area contributed by atoms with Crippen molar-refractivity contribution in [1.29, 1.82) is 0 Å². The van der Waals surface area contributed by atoms with E-state index in [0.29, 0.717) is 19.4 Å². The van der Waals surface area contributed by atoms with Crippen LogP contribution in [0.25, 0.3) is 0 Å². The molecule has 1 aliphatic rings. The summed E-state index contributed by atoms with van der Waals surface area (Å²) in [7, 11) is 0. The van der Waals surface area contributed by atoms with Crippen molar-refractivity contribution in [2.24, 2.45) is 0 Å². The standard InChI is InChI=1S/C14H19NO3/c1-10(11-5-3-2-4-6-11)15-8-7-12(16)9-13(15)14(17)18/h2-6,10,12-13,16H,7-9H2,1H3,(H,17,18)/t10?,12-,13+/m0/s1. The molecule has 0 saturated carbocycles. The van der Waals surface area contributed by atoms with E-state index >= 15 is 0 Å². The zero-order valence-electron chi connectivity index (χ0n) is 10.5. The van der Waals surface area contributed by atoms with Crippen molar-refractivity contribution in [3.8, 4) is 0 Å². The number of aliphatic carboxylic acids is 1. The van der Waals surface area contributed by atoms with E-state index in [9.17, 15) is 15.0 Å². The second-order valence-electron chi connectivity index (χ2n) is 4.86. The molecule has 18 heavy (non-hydrogen) atoms. The second-order valence-corrected chi connectivity index (χ2v) is 4.86. The molecule has 4 heteroatoms. The van der Waals surface area contributed by atoms with Crippen LogP contribution in [0.3, 0.4) is 0 Å². The maximum Gasteiger partial charge on any atom is 0.321 e. The molecule has 1 saturated heterocycles. The Morgan fingerprint density at radius 3 is 2.67 bits per heavy atom. The Bertz CT molecular complexity index is 407. The molecular formula is C14H19NO3. The first-order valence-corrected chi connectivity index (χ1v) is 6.31. The Kier molecular flexibility index (Phi) is 3.99. The molecular weight excluding hydrogens is 230 g/mol. The molecule has 0 radical (unpaired) electrons. The molecule has 1 unspecified atom stereocenters. The minimum Gasteiger partial charge on any atom is -0.480 e. The third-order valence-corrected chi connectivity index (χ3v) is 3.68. The van der Waals surface area contributed by atoms with E-state index in [0.717, 1.165) is 5.56 Å². The van der Waals surface area contributed by atoms with Crippen LogP contribution in [0, 0.1) is 0 Å². The van der Waals surface area contributed by atoms with Gasteiger partial charge in [-0.1, -0.05) is 30.3 Å². The number of rotatable bonds is 3. The third kappa shape index (κ3) is 2.71. The van der Waals surface area contributed by atoms with Gasteiger partial charge in [0.25, 0.3) is 0 Å². The van der Waals surface area contributed by atoms with Gasteiger partial charge in [-0.15, -0.1) is 0 Å². The number of benzene rings is 1. The Balaban J connectivity index is 2.17. The summed E-state index contributed by atoms with van der Waals surface area (Å²) in [4.78, 5) is 13.3. The van der Waals surface area contributed by atoms with Crippen molar-refractivity contribution in [2.75, 3.05) is 6.54 Å². The van der Waals surface area contributed by atoms with Crippen LogP contribution in [0.2, 0.25) is 0 Å². The van der Waals surface area contributed by atoms with E-state index in [2.05, 4.69) is 0 Å². The molecule has 4 nitrogen and oxygen atoms in total. The molecule has 0 aromatic heterocycles. The summed E-state index contributed by atoms with van der Waals surface area (Å²) in [5, 5.41) is 18.9. The largest absolute Gasteiger partial charge is 0.480 e. The minimum atomic E-state index is -0.850. The number of aliphatic hydroxyl groups is 1. The lowest BCUT2D eigenvalue weighted by atomic mass is 9.95. The molecule has 1 aromatic rings. The van der Waals surface area contributed by atoms with Crippen LogP contribution in [0.15, 0.2) is 30.3 Å². The van der Waals surface area contributed by atoms with Crippen molar-refractivity contribution in [1.82, 2.24) is 4.90 Å². The van der Waals surface area contributed by atoms with Crippen LogP contribution in [0.1, 0.15) is 31.4 Å². The summed E-state index contributed by atoms with van der Waals surface area (Å²) >= 11 is 0. The number of carboxylic acids is 1. The molecule has 0 aliphatic carbocycles. The lowest BCUT2D eigenvalue weighted by molar-refractivity contribution is -0.148. The van der Waals surface area contributed by atoms with Crippen LogP contribution in [-0.4, -0.2) is 39.8 Å². The van der Waals surface area contributed by atoms with Crippen molar-refractivity contribution in [3.05, 3.63) is 35.9 Å². The van der Waals surface area contributed by atoms with Gasteiger partial charge in [-0.05, 0) is 25.3 Å². The third-order valence-electron chi connectivity index (χ3n) is 3.68. The predicted octanol–water partition coefficient (Wildman–Crippen LogP) is 1.66. The molecule has 2 N–H and O–H groups in total. The number of nitrogens with zero attached hydrogens (tertiary/aromatic N) is 1.